The second-order valence-electron chi connectivity index (χ2n) is 9.01. The minimum Gasteiger partial charge on any atom is -0.388 e. The van der Waals surface area contributed by atoms with Gasteiger partial charge in [-0.2, -0.15) is 22.5 Å². The number of anilines is 1. The van der Waals surface area contributed by atoms with Crippen molar-refractivity contribution in [2.75, 3.05) is 18.4 Å². The van der Waals surface area contributed by atoms with E-state index in [1.54, 1.807) is 26.1 Å². The average molecular weight is 490 g/mol. The first kappa shape index (κ1) is 23.9. The first-order valence-corrected chi connectivity index (χ1v) is 12.2. The van der Waals surface area contributed by atoms with Crippen LogP contribution in [0.5, 0.6) is 0 Å². The number of nitrogens with one attached hydrogen (secondary N) is 1. The van der Waals surface area contributed by atoms with Crippen LogP contribution >= 0.6 is 0 Å². The average Bonchev–Trinajstić information content (AvgIpc) is 3.07. The summed E-state index contributed by atoms with van der Waals surface area (Å²) in [5.41, 5.74) is -5.75. The van der Waals surface area contributed by atoms with Gasteiger partial charge in [-0.05, 0) is 52.0 Å². The van der Waals surface area contributed by atoms with E-state index in [9.17, 15) is 31.5 Å². The Morgan fingerprint density at radius 2 is 1.91 bits per heavy atom. The van der Waals surface area contributed by atoms with Gasteiger partial charge in [-0.1, -0.05) is 0 Å². The number of aromatic nitrogens is 3. The molecule has 0 amide bonds. The molecule has 1 saturated carbocycles. The van der Waals surface area contributed by atoms with Crippen LogP contribution in [0.4, 0.5) is 19.1 Å². The van der Waals surface area contributed by atoms with Gasteiger partial charge in [-0.25, -0.2) is 13.4 Å². The molecule has 3 heterocycles. The number of hydrogen-bond acceptors (Lipinski definition) is 7. The van der Waals surface area contributed by atoms with Crippen molar-refractivity contribution in [3.8, 4) is 0 Å². The summed E-state index contributed by atoms with van der Waals surface area (Å²) in [6, 6.07) is 0.913. The van der Waals surface area contributed by atoms with Crippen molar-refractivity contribution in [2.45, 2.75) is 69.1 Å². The molecule has 4 rings (SSSR count). The van der Waals surface area contributed by atoms with Crippen LogP contribution in [0.2, 0.25) is 0 Å². The summed E-state index contributed by atoms with van der Waals surface area (Å²) in [7, 11) is -5.35. The van der Waals surface area contributed by atoms with Gasteiger partial charge < -0.3 is 10.4 Å². The Bertz CT molecular complexity index is 1220. The largest absolute Gasteiger partial charge is 0.511 e. The Morgan fingerprint density at radius 3 is 2.48 bits per heavy atom. The third-order valence-electron chi connectivity index (χ3n) is 6.56. The Hall–Kier alpha value is -2.25. The number of nitrogens with zero attached hydrogens (tertiary/aromatic N) is 4. The minimum atomic E-state index is -5.35. The van der Waals surface area contributed by atoms with E-state index in [0.717, 1.165) is 6.42 Å². The van der Waals surface area contributed by atoms with Gasteiger partial charge in [0, 0.05) is 36.3 Å². The van der Waals surface area contributed by atoms with Gasteiger partial charge in [-0.3, -0.25) is 9.36 Å². The molecule has 13 heteroatoms. The van der Waals surface area contributed by atoms with E-state index in [0.29, 0.717) is 33.7 Å². The fourth-order valence-corrected chi connectivity index (χ4v) is 5.71. The topological polar surface area (TPSA) is 117 Å². The number of alkyl halides is 3. The van der Waals surface area contributed by atoms with Crippen LogP contribution in [0.25, 0.3) is 11.0 Å². The van der Waals surface area contributed by atoms with Crippen LogP contribution in [-0.2, 0) is 10.0 Å². The molecular weight excluding hydrogens is 463 g/mol. The van der Waals surface area contributed by atoms with Crippen LogP contribution in [0.3, 0.4) is 0 Å². The van der Waals surface area contributed by atoms with Gasteiger partial charge in [0.1, 0.15) is 5.65 Å². The van der Waals surface area contributed by atoms with Gasteiger partial charge in [-0.15, -0.1) is 0 Å². The quantitative estimate of drug-likeness (QED) is 0.677. The maximum absolute atomic E-state index is 13.0. The van der Waals surface area contributed by atoms with Crippen molar-refractivity contribution in [3.63, 3.8) is 0 Å². The highest BCUT2D eigenvalue weighted by molar-refractivity contribution is 7.90. The number of pyridine rings is 1. The van der Waals surface area contributed by atoms with E-state index in [4.69, 9.17) is 0 Å². The zero-order chi connectivity index (χ0) is 24.2. The number of halogens is 3. The van der Waals surface area contributed by atoms with Crippen molar-refractivity contribution in [1.29, 1.82) is 0 Å². The molecule has 1 saturated heterocycles. The summed E-state index contributed by atoms with van der Waals surface area (Å²) in [4.78, 5) is 21.8. The Balaban J connectivity index is 1.59. The van der Waals surface area contributed by atoms with Gasteiger partial charge in [0.2, 0.25) is 5.95 Å². The van der Waals surface area contributed by atoms with E-state index in [1.165, 1.54) is 4.57 Å². The Kier molecular flexibility index (Phi) is 5.94. The lowest BCUT2D eigenvalue weighted by Gasteiger charge is -2.32. The molecule has 2 atom stereocenters. The third kappa shape index (κ3) is 4.33. The first-order valence-electron chi connectivity index (χ1n) is 10.8. The fraction of sp³-hybridized carbons (Fsp3) is 0.650. The highest BCUT2D eigenvalue weighted by Crippen LogP contribution is 2.39. The van der Waals surface area contributed by atoms with E-state index >= 15 is 0 Å². The molecule has 0 spiro atoms. The number of aryl methyl sites for hydroxylation is 1. The summed E-state index contributed by atoms with van der Waals surface area (Å²) < 4.78 is 63.5. The molecule has 0 radical (unpaired) electrons. The first-order chi connectivity index (χ1) is 15.3. The number of hydrogen-bond donors (Lipinski definition) is 2. The summed E-state index contributed by atoms with van der Waals surface area (Å²) >= 11 is 0. The number of rotatable bonds is 4. The number of piperidine rings is 1. The summed E-state index contributed by atoms with van der Waals surface area (Å²) in [5, 5.41) is 14.5. The van der Waals surface area contributed by atoms with Gasteiger partial charge in [0.05, 0.1) is 11.6 Å². The third-order valence-corrected chi connectivity index (χ3v) is 8.19. The highest BCUT2D eigenvalue weighted by atomic mass is 32.2. The maximum atomic E-state index is 13.0. The van der Waals surface area contributed by atoms with Gasteiger partial charge in [0.25, 0.3) is 5.56 Å². The molecule has 2 aromatic heterocycles. The molecule has 2 fully saturated rings. The molecular formula is C20H26F3N5O4S. The van der Waals surface area contributed by atoms with Crippen molar-refractivity contribution >= 4 is 27.0 Å². The lowest BCUT2D eigenvalue weighted by molar-refractivity contribution is -0.0494. The summed E-state index contributed by atoms with van der Waals surface area (Å²) in [6.45, 7) is 2.84. The monoisotopic (exact) mass is 489 g/mol. The van der Waals surface area contributed by atoms with Crippen molar-refractivity contribution in [3.05, 3.63) is 28.2 Å². The molecule has 2 aliphatic rings. The lowest BCUT2D eigenvalue weighted by atomic mass is 9.99. The SMILES string of the molecule is Cc1cc2cnc(NC3CCN(S(=O)(=O)C(F)(F)F)CC3)nc2n([C@H]2CCC[C@]2(C)O)c1=O. The van der Waals surface area contributed by atoms with Crippen molar-refractivity contribution < 1.29 is 26.7 Å². The second-order valence-corrected chi connectivity index (χ2v) is 10.9. The molecule has 9 nitrogen and oxygen atoms in total. The van der Waals surface area contributed by atoms with Gasteiger partial charge >= 0.3 is 15.5 Å². The van der Waals surface area contributed by atoms with Crippen LogP contribution in [0, 0.1) is 6.92 Å². The molecule has 1 aliphatic heterocycles. The molecule has 33 heavy (non-hydrogen) atoms. The molecule has 0 bridgehead atoms. The van der Waals surface area contributed by atoms with E-state index in [1.807, 2.05) is 0 Å². The smallest absolute Gasteiger partial charge is 0.388 e. The number of aliphatic hydroxyl groups is 1. The molecule has 2 aromatic rings. The highest BCUT2D eigenvalue weighted by Gasteiger charge is 2.50. The van der Waals surface area contributed by atoms with E-state index in [-0.39, 0.29) is 43.5 Å². The van der Waals surface area contributed by atoms with Crippen LogP contribution in [0.15, 0.2) is 17.1 Å². The number of fused-ring (bicyclic) bond motifs is 1. The summed E-state index contributed by atoms with van der Waals surface area (Å²) in [5.74, 6) is 0.189. The van der Waals surface area contributed by atoms with Crippen molar-refractivity contribution in [1.82, 2.24) is 18.8 Å². The molecule has 0 aromatic carbocycles. The zero-order valence-corrected chi connectivity index (χ0v) is 19.1. The molecule has 0 unspecified atom stereocenters. The molecule has 182 valence electrons. The van der Waals surface area contributed by atoms with Crippen LogP contribution in [-0.4, -0.2) is 62.6 Å². The molecule has 2 N–H and O–H groups in total. The predicted molar refractivity (Wildman–Crippen MR) is 115 cm³/mol. The second kappa shape index (κ2) is 8.20. The zero-order valence-electron chi connectivity index (χ0n) is 18.3. The summed E-state index contributed by atoms with van der Waals surface area (Å²) in [6.07, 6.45) is 3.82. The minimum absolute atomic E-state index is 0.148. The Labute approximate surface area is 188 Å². The lowest BCUT2D eigenvalue weighted by Crippen LogP contribution is -2.47. The van der Waals surface area contributed by atoms with Crippen molar-refractivity contribution in [2.24, 2.45) is 0 Å². The van der Waals surface area contributed by atoms with Crippen LogP contribution < -0.4 is 10.9 Å². The standard InChI is InChI=1S/C20H26F3N5O4S/c1-12-10-13-11-24-18(25-14-5-8-27(9-6-14)33(31,32)20(21,22)23)26-16(13)28(17(12)29)15-4-3-7-19(15,2)30/h10-11,14-15,30H,3-9H2,1-2H3,(H,24,25,26)/t15-,19-/m0/s1. The maximum Gasteiger partial charge on any atom is 0.511 e. The normalized spacial score (nSPS) is 25.6. The van der Waals surface area contributed by atoms with Gasteiger partial charge in [0.15, 0.2) is 0 Å². The predicted octanol–water partition coefficient (Wildman–Crippen LogP) is 2.30. The van der Waals surface area contributed by atoms with E-state index in [2.05, 4.69) is 15.3 Å². The molecule has 1 aliphatic carbocycles. The fourth-order valence-electron chi connectivity index (χ4n) is 4.72. The van der Waals surface area contributed by atoms with E-state index < -0.39 is 27.2 Å². The Morgan fingerprint density at radius 1 is 1.24 bits per heavy atom. The van der Waals surface area contributed by atoms with Crippen LogP contribution in [0.1, 0.15) is 50.6 Å². The number of sulfonamides is 1.